The first kappa shape index (κ1) is 11.3. The Labute approximate surface area is 67.9 Å². The van der Waals surface area contributed by atoms with Gasteiger partial charge in [0.15, 0.2) is 0 Å². The molecule has 0 aliphatic rings. The van der Waals surface area contributed by atoms with E-state index in [1.165, 1.54) is 0 Å². The van der Waals surface area contributed by atoms with Crippen molar-refractivity contribution < 1.29 is 18.3 Å². The molecular formula is C6H17O4P. The van der Waals surface area contributed by atoms with Gasteiger partial charge in [-0.2, -0.15) is 0 Å². The molecule has 0 aromatic rings. The summed E-state index contributed by atoms with van der Waals surface area (Å²) in [5.74, 6) is 0. The number of hydrogen-bond donors (Lipinski definition) is 0. The molecule has 0 spiro atoms. The molecule has 0 radical (unpaired) electrons. The minimum atomic E-state index is -2.90. The Morgan fingerprint density at radius 1 is 0.909 bits per heavy atom. The molecule has 4 nitrogen and oxygen atoms in total. The van der Waals surface area contributed by atoms with Crippen LogP contribution in [0.3, 0.4) is 0 Å². The van der Waals surface area contributed by atoms with Crippen LogP contribution in [0.5, 0.6) is 0 Å². The monoisotopic (exact) mass is 184 g/mol. The maximum absolute atomic E-state index is 5.23. The van der Waals surface area contributed by atoms with Crippen molar-refractivity contribution in [1.29, 1.82) is 0 Å². The normalized spacial score (nSPS) is 15.9. The van der Waals surface area contributed by atoms with Crippen molar-refractivity contribution in [2.24, 2.45) is 0 Å². The van der Waals surface area contributed by atoms with Crippen molar-refractivity contribution >= 4 is 7.28 Å². The molecule has 0 atom stereocenters. The summed E-state index contributed by atoms with van der Waals surface area (Å²) in [6.45, 7) is 1.80. The van der Waals surface area contributed by atoms with Gasteiger partial charge in [-0.1, -0.05) is 0 Å². The average molecular weight is 184 g/mol. The fraction of sp³-hybridized carbons (Fsp3) is 1.00. The zero-order valence-corrected chi connectivity index (χ0v) is 8.68. The number of rotatable bonds is 5. The van der Waals surface area contributed by atoms with Crippen LogP contribution >= 0.6 is 7.28 Å². The van der Waals surface area contributed by atoms with E-state index in [9.17, 15) is 0 Å². The Balaban J connectivity index is 4.44. The second-order valence-corrected chi connectivity index (χ2v) is 6.74. The van der Waals surface area contributed by atoms with Gasteiger partial charge in [-0.3, -0.25) is 0 Å². The number of hydrogen-bond acceptors (Lipinski definition) is 4. The topological polar surface area (TPSA) is 36.9 Å². The van der Waals surface area contributed by atoms with Crippen molar-refractivity contribution in [2.75, 3.05) is 41.5 Å². The van der Waals surface area contributed by atoms with Crippen LogP contribution < -0.4 is 0 Å². The summed E-state index contributed by atoms with van der Waals surface area (Å²) in [5, 5.41) is 0. The molecule has 0 bridgehead atoms. The fourth-order valence-electron chi connectivity index (χ4n) is 0.669. The molecule has 0 fully saturated rings. The zero-order chi connectivity index (χ0) is 8.98. The standard InChI is InChI=1S/C6H17O4P/c1-7-6-11(5,8-2,9-3)10-4/h6H2,1-5H3. The van der Waals surface area contributed by atoms with E-state index >= 15 is 0 Å². The van der Waals surface area contributed by atoms with Crippen molar-refractivity contribution in [1.82, 2.24) is 0 Å². The van der Waals surface area contributed by atoms with E-state index in [-0.39, 0.29) is 0 Å². The second-order valence-electron chi connectivity index (χ2n) is 2.44. The van der Waals surface area contributed by atoms with Gasteiger partial charge in [-0.15, -0.1) is 0 Å². The van der Waals surface area contributed by atoms with Gasteiger partial charge >= 0.3 is 67.0 Å². The predicted octanol–water partition coefficient (Wildman–Crippen LogP) is 1.46. The molecule has 11 heavy (non-hydrogen) atoms. The van der Waals surface area contributed by atoms with Gasteiger partial charge < -0.3 is 0 Å². The molecule has 0 aliphatic heterocycles. The fourth-order valence-corrected chi connectivity index (χ4v) is 2.01. The average Bonchev–Trinajstić information content (AvgIpc) is 2.06. The van der Waals surface area contributed by atoms with Crippen LogP contribution in [0.1, 0.15) is 0 Å². The van der Waals surface area contributed by atoms with Gasteiger partial charge in [-0.25, -0.2) is 0 Å². The van der Waals surface area contributed by atoms with Gasteiger partial charge in [0, 0.05) is 0 Å². The summed E-state index contributed by atoms with van der Waals surface area (Å²) >= 11 is 0. The summed E-state index contributed by atoms with van der Waals surface area (Å²) in [5.41, 5.74) is 0. The summed E-state index contributed by atoms with van der Waals surface area (Å²) in [6.07, 6.45) is 0.342. The summed E-state index contributed by atoms with van der Waals surface area (Å²) in [4.78, 5) is 0. The molecule has 0 unspecified atom stereocenters. The van der Waals surface area contributed by atoms with Crippen LogP contribution in [0.25, 0.3) is 0 Å². The van der Waals surface area contributed by atoms with Crippen LogP contribution in [-0.4, -0.2) is 41.5 Å². The summed E-state index contributed by atoms with van der Waals surface area (Å²) in [7, 11) is 3.36. The molecule has 5 heteroatoms. The summed E-state index contributed by atoms with van der Waals surface area (Å²) in [6, 6.07) is 0. The molecule has 0 aliphatic carbocycles. The molecule has 0 rings (SSSR count). The quantitative estimate of drug-likeness (QED) is 0.606. The van der Waals surface area contributed by atoms with Gasteiger partial charge in [0.2, 0.25) is 0 Å². The minimum absolute atomic E-state index is 0.342. The molecule has 70 valence electrons. The van der Waals surface area contributed by atoms with Crippen LogP contribution in [0.2, 0.25) is 0 Å². The van der Waals surface area contributed by atoms with Crippen LogP contribution in [0.4, 0.5) is 0 Å². The van der Waals surface area contributed by atoms with Crippen molar-refractivity contribution in [3.8, 4) is 0 Å². The Hall–Kier alpha value is 0.270. The molecule has 0 heterocycles. The van der Waals surface area contributed by atoms with E-state index in [0.717, 1.165) is 0 Å². The van der Waals surface area contributed by atoms with E-state index in [1.54, 1.807) is 35.1 Å². The van der Waals surface area contributed by atoms with E-state index in [1.807, 2.05) is 0 Å². The van der Waals surface area contributed by atoms with Crippen LogP contribution in [0, 0.1) is 0 Å². The van der Waals surface area contributed by atoms with Gasteiger partial charge in [0.1, 0.15) is 0 Å². The first-order valence-corrected chi connectivity index (χ1v) is 5.86. The Kier molecular flexibility index (Phi) is 3.88. The van der Waals surface area contributed by atoms with Crippen LogP contribution in [0.15, 0.2) is 0 Å². The van der Waals surface area contributed by atoms with E-state index in [2.05, 4.69) is 0 Å². The first-order valence-electron chi connectivity index (χ1n) is 3.23. The predicted molar refractivity (Wildman–Crippen MR) is 45.7 cm³/mol. The van der Waals surface area contributed by atoms with Crippen molar-refractivity contribution in [3.05, 3.63) is 0 Å². The molecule has 0 aromatic carbocycles. The zero-order valence-electron chi connectivity index (χ0n) is 7.79. The Bertz CT molecular complexity index is 113. The molecule has 0 aromatic heterocycles. The molecule has 0 saturated heterocycles. The van der Waals surface area contributed by atoms with Gasteiger partial charge in [-0.05, 0) is 0 Å². The third-order valence-electron chi connectivity index (χ3n) is 1.80. The second kappa shape index (κ2) is 3.78. The van der Waals surface area contributed by atoms with Gasteiger partial charge in [0.05, 0.1) is 0 Å². The number of ether oxygens (including phenoxy) is 1. The molecule has 0 saturated carbocycles. The van der Waals surface area contributed by atoms with E-state index in [0.29, 0.717) is 6.35 Å². The van der Waals surface area contributed by atoms with Crippen molar-refractivity contribution in [3.63, 3.8) is 0 Å². The Morgan fingerprint density at radius 2 is 1.27 bits per heavy atom. The van der Waals surface area contributed by atoms with Gasteiger partial charge in [0.25, 0.3) is 0 Å². The number of methoxy groups -OCH3 is 1. The van der Waals surface area contributed by atoms with Crippen molar-refractivity contribution in [2.45, 2.75) is 0 Å². The molecular weight excluding hydrogens is 167 g/mol. The third-order valence-corrected chi connectivity index (χ3v) is 5.40. The Morgan fingerprint density at radius 3 is 1.36 bits per heavy atom. The third kappa shape index (κ3) is 2.36. The molecule has 0 N–H and O–H groups in total. The SMILES string of the molecule is COCP(C)(OC)(OC)OC. The van der Waals surface area contributed by atoms with E-state index < -0.39 is 7.28 Å². The summed E-state index contributed by atoms with van der Waals surface area (Å²) < 4.78 is 20.6. The van der Waals surface area contributed by atoms with E-state index in [4.69, 9.17) is 18.3 Å². The van der Waals surface area contributed by atoms with Crippen LogP contribution in [-0.2, 0) is 18.3 Å². The molecule has 0 amide bonds. The first-order chi connectivity index (χ1) is 5.04. The maximum atomic E-state index is 5.23.